The summed E-state index contributed by atoms with van der Waals surface area (Å²) in [5.74, 6) is -0.580. The van der Waals surface area contributed by atoms with Crippen LogP contribution in [0, 0.1) is 6.92 Å². The molecule has 0 N–H and O–H groups in total. The van der Waals surface area contributed by atoms with Crippen LogP contribution in [-0.2, 0) is 9.53 Å². The van der Waals surface area contributed by atoms with E-state index in [2.05, 4.69) is 4.74 Å². The smallest absolute Gasteiger partial charge is 0.325 e. The maximum absolute atomic E-state index is 12.4. The fourth-order valence-electron chi connectivity index (χ4n) is 2.47. The van der Waals surface area contributed by atoms with Gasteiger partial charge in [-0.25, -0.2) is 0 Å². The number of nitrogens with zero attached hydrogens (tertiary/aromatic N) is 1. The number of fused-ring (bicyclic) bond motifs is 1. The lowest BCUT2D eigenvalue weighted by atomic mass is 10.1. The molecule has 1 aliphatic rings. The number of aryl methyl sites for hydroxylation is 1. The second-order valence-electron chi connectivity index (χ2n) is 5.35. The highest BCUT2D eigenvalue weighted by molar-refractivity contribution is 6.22. The van der Waals surface area contributed by atoms with Gasteiger partial charge in [0.1, 0.15) is 18.0 Å². The predicted molar refractivity (Wildman–Crippen MR) is 85.1 cm³/mol. The van der Waals surface area contributed by atoms with Crippen LogP contribution in [0.3, 0.4) is 0 Å². The Morgan fingerprint density at radius 1 is 1.04 bits per heavy atom. The van der Waals surface area contributed by atoms with Gasteiger partial charge in [-0.05, 0) is 36.8 Å². The van der Waals surface area contributed by atoms with Crippen molar-refractivity contribution in [3.8, 4) is 11.5 Å². The van der Waals surface area contributed by atoms with E-state index >= 15 is 0 Å². The van der Waals surface area contributed by atoms with E-state index in [9.17, 15) is 14.4 Å². The van der Waals surface area contributed by atoms with E-state index in [0.29, 0.717) is 11.5 Å². The van der Waals surface area contributed by atoms with Gasteiger partial charge in [0.2, 0.25) is 0 Å². The van der Waals surface area contributed by atoms with Crippen LogP contribution in [0.15, 0.2) is 42.5 Å². The van der Waals surface area contributed by atoms with Gasteiger partial charge in [-0.1, -0.05) is 18.2 Å². The molecule has 0 fully saturated rings. The minimum Gasteiger partial charge on any atom is -0.468 e. The van der Waals surface area contributed by atoms with E-state index in [0.717, 1.165) is 10.5 Å². The average Bonchev–Trinajstić information content (AvgIpc) is 2.81. The van der Waals surface area contributed by atoms with Gasteiger partial charge in [0.05, 0.1) is 18.2 Å². The highest BCUT2D eigenvalue weighted by Gasteiger charge is 2.37. The lowest BCUT2D eigenvalue weighted by molar-refractivity contribution is -0.140. The quantitative estimate of drug-likeness (QED) is 0.638. The highest BCUT2D eigenvalue weighted by Crippen LogP contribution is 2.30. The standard InChI is InChI=1S/C18H15NO5/c1-11-5-3-4-6-15(11)24-12-7-8-13-14(9-12)18(22)19(17(13)21)10-16(20)23-2/h3-9H,10H2,1-2H3. The molecule has 6 heteroatoms. The molecule has 1 aliphatic heterocycles. The number of benzene rings is 2. The molecule has 2 amide bonds. The molecular weight excluding hydrogens is 310 g/mol. The number of rotatable bonds is 4. The third-order valence-corrected chi connectivity index (χ3v) is 3.78. The maximum atomic E-state index is 12.4. The summed E-state index contributed by atoms with van der Waals surface area (Å²) in [6.45, 7) is 1.51. The zero-order chi connectivity index (χ0) is 17.3. The molecule has 6 nitrogen and oxygen atoms in total. The van der Waals surface area contributed by atoms with Crippen molar-refractivity contribution in [1.29, 1.82) is 0 Å². The van der Waals surface area contributed by atoms with Crippen LogP contribution in [0.5, 0.6) is 11.5 Å². The average molecular weight is 325 g/mol. The largest absolute Gasteiger partial charge is 0.468 e. The molecule has 0 unspecified atom stereocenters. The molecule has 0 spiro atoms. The fraction of sp³-hybridized carbons (Fsp3) is 0.167. The number of hydrogen-bond acceptors (Lipinski definition) is 5. The van der Waals surface area contributed by atoms with Crippen molar-refractivity contribution in [2.45, 2.75) is 6.92 Å². The van der Waals surface area contributed by atoms with Gasteiger partial charge in [-0.3, -0.25) is 19.3 Å². The van der Waals surface area contributed by atoms with Crippen molar-refractivity contribution in [3.63, 3.8) is 0 Å². The van der Waals surface area contributed by atoms with E-state index in [-0.39, 0.29) is 11.1 Å². The van der Waals surface area contributed by atoms with Gasteiger partial charge >= 0.3 is 5.97 Å². The molecule has 0 aromatic heterocycles. The zero-order valence-corrected chi connectivity index (χ0v) is 13.2. The van der Waals surface area contributed by atoms with Crippen molar-refractivity contribution in [3.05, 3.63) is 59.2 Å². The van der Waals surface area contributed by atoms with Crippen molar-refractivity contribution < 1.29 is 23.9 Å². The van der Waals surface area contributed by atoms with Gasteiger partial charge in [0.25, 0.3) is 11.8 Å². The van der Waals surface area contributed by atoms with Crippen molar-refractivity contribution in [1.82, 2.24) is 4.90 Å². The van der Waals surface area contributed by atoms with Crippen LogP contribution < -0.4 is 4.74 Å². The predicted octanol–water partition coefficient (Wildman–Crippen LogP) is 2.56. The molecular formula is C18H15NO5. The number of carbonyl (C=O) groups is 3. The summed E-state index contributed by atoms with van der Waals surface area (Å²) in [4.78, 5) is 36.8. The van der Waals surface area contributed by atoms with Gasteiger partial charge in [-0.2, -0.15) is 0 Å². The highest BCUT2D eigenvalue weighted by atomic mass is 16.5. The van der Waals surface area contributed by atoms with Crippen LogP contribution >= 0.6 is 0 Å². The summed E-state index contributed by atoms with van der Waals surface area (Å²) in [6.07, 6.45) is 0. The summed E-state index contributed by atoms with van der Waals surface area (Å²) < 4.78 is 10.3. The first-order valence-electron chi connectivity index (χ1n) is 7.32. The van der Waals surface area contributed by atoms with Crippen molar-refractivity contribution >= 4 is 17.8 Å². The van der Waals surface area contributed by atoms with E-state index in [1.807, 2.05) is 31.2 Å². The maximum Gasteiger partial charge on any atom is 0.325 e. The van der Waals surface area contributed by atoms with Crippen LogP contribution in [0.25, 0.3) is 0 Å². The van der Waals surface area contributed by atoms with Crippen LogP contribution in [0.1, 0.15) is 26.3 Å². The van der Waals surface area contributed by atoms with Gasteiger partial charge in [0.15, 0.2) is 0 Å². The summed E-state index contributed by atoms with van der Waals surface area (Å²) in [6, 6.07) is 12.1. The minimum absolute atomic E-state index is 0.218. The number of ether oxygens (including phenoxy) is 2. The first-order chi connectivity index (χ1) is 11.5. The Labute approximate surface area is 138 Å². The number of hydrogen-bond donors (Lipinski definition) is 0. The lowest BCUT2D eigenvalue weighted by Crippen LogP contribution is -2.35. The zero-order valence-electron chi connectivity index (χ0n) is 13.2. The Kier molecular flexibility index (Phi) is 4.04. The van der Waals surface area contributed by atoms with Gasteiger partial charge in [-0.15, -0.1) is 0 Å². The normalized spacial score (nSPS) is 13.0. The Balaban J connectivity index is 1.88. The van der Waals surface area contributed by atoms with E-state index in [1.54, 1.807) is 6.07 Å². The number of methoxy groups -OCH3 is 1. The molecule has 3 rings (SSSR count). The number of esters is 1. The molecule has 2 aromatic rings. The lowest BCUT2D eigenvalue weighted by Gasteiger charge is -2.11. The fourth-order valence-corrected chi connectivity index (χ4v) is 2.47. The van der Waals surface area contributed by atoms with Crippen LogP contribution in [0.2, 0.25) is 0 Å². The van der Waals surface area contributed by atoms with Crippen molar-refractivity contribution in [2.24, 2.45) is 0 Å². The summed E-state index contributed by atoms with van der Waals surface area (Å²) >= 11 is 0. The summed E-state index contributed by atoms with van der Waals surface area (Å²) in [7, 11) is 1.20. The number of carbonyl (C=O) groups excluding carboxylic acids is 3. The molecule has 0 atom stereocenters. The molecule has 0 radical (unpaired) electrons. The Morgan fingerprint density at radius 2 is 1.75 bits per heavy atom. The topological polar surface area (TPSA) is 72.9 Å². The third kappa shape index (κ3) is 2.74. The molecule has 0 aliphatic carbocycles. The number of amides is 2. The Bertz CT molecular complexity index is 843. The number of imide groups is 1. The monoisotopic (exact) mass is 325 g/mol. The Hall–Kier alpha value is -3.15. The molecule has 0 bridgehead atoms. The summed E-state index contributed by atoms with van der Waals surface area (Å²) in [5.41, 5.74) is 1.42. The van der Waals surface area contributed by atoms with E-state index in [4.69, 9.17) is 4.74 Å². The molecule has 122 valence electrons. The molecule has 2 aromatic carbocycles. The first kappa shape index (κ1) is 15.7. The third-order valence-electron chi connectivity index (χ3n) is 3.78. The van der Waals surface area contributed by atoms with Gasteiger partial charge in [0, 0.05) is 0 Å². The molecule has 0 saturated heterocycles. The second kappa shape index (κ2) is 6.16. The molecule has 1 heterocycles. The van der Waals surface area contributed by atoms with Gasteiger partial charge < -0.3 is 9.47 Å². The summed E-state index contributed by atoms with van der Waals surface area (Å²) in [5, 5.41) is 0. The van der Waals surface area contributed by atoms with E-state index in [1.165, 1.54) is 19.2 Å². The first-order valence-corrected chi connectivity index (χ1v) is 7.32. The second-order valence-corrected chi connectivity index (χ2v) is 5.35. The molecule has 24 heavy (non-hydrogen) atoms. The number of para-hydroxylation sites is 1. The van der Waals surface area contributed by atoms with Crippen LogP contribution in [-0.4, -0.2) is 36.3 Å². The SMILES string of the molecule is COC(=O)CN1C(=O)c2ccc(Oc3ccccc3C)cc2C1=O. The Morgan fingerprint density at radius 3 is 2.46 bits per heavy atom. The minimum atomic E-state index is -0.652. The van der Waals surface area contributed by atoms with E-state index < -0.39 is 24.3 Å². The molecule has 0 saturated carbocycles. The van der Waals surface area contributed by atoms with Crippen molar-refractivity contribution in [2.75, 3.05) is 13.7 Å². The van der Waals surface area contributed by atoms with Crippen LogP contribution in [0.4, 0.5) is 0 Å².